The number of piperazine rings is 1. The third kappa shape index (κ3) is 8.98. The minimum atomic E-state index is -4.95. The number of thiophene rings is 1. The van der Waals surface area contributed by atoms with Crippen molar-refractivity contribution in [2.24, 2.45) is 0 Å². The summed E-state index contributed by atoms with van der Waals surface area (Å²) in [5.41, 5.74) is -3.20. The van der Waals surface area contributed by atoms with Crippen LogP contribution in [0.4, 0.5) is 32.0 Å². The van der Waals surface area contributed by atoms with E-state index in [0.717, 1.165) is 23.3 Å². The van der Waals surface area contributed by atoms with Crippen molar-refractivity contribution in [3.05, 3.63) is 76.1 Å². The summed E-state index contributed by atoms with van der Waals surface area (Å²) in [6.07, 6.45) is -3.35. The Balaban J connectivity index is 1.39. The maximum atomic E-state index is 15.1. The number of hydrogen-bond donors (Lipinski definition) is 0. The molecule has 10 nitrogen and oxygen atoms in total. The number of halogens is 6. The molecule has 2 amide bonds. The van der Waals surface area contributed by atoms with Gasteiger partial charge in [-0.25, -0.2) is 4.98 Å². The van der Waals surface area contributed by atoms with E-state index in [0.29, 0.717) is 68.7 Å². The molecule has 1 unspecified atom stereocenters. The first-order valence-electron chi connectivity index (χ1n) is 18.1. The van der Waals surface area contributed by atoms with E-state index >= 15 is 4.79 Å². The lowest BCUT2D eigenvalue weighted by atomic mass is 9.80. The second-order valence-corrected chi connectivity index (χ2v) is 14.3. The van der Waals surface area contributed by atoms with E-state index in [2.05, 4.69) is 9.88 Å². The largest absolute Gasteiger partial charge is 0.489 e. The topological polar surface area (TPSA) is 93.7 Å². The fourth-order valence-electron chi connectivity index (χ4n) is 7.30. The predicted molar refractivity (Wildman–Crippen MR) is 192 cm³/mol. The van der Waals surface area contributed by atoms with Crippen LogP contribution in [-0.2, 0) is 21.9 Å². The predicted octanol–water partition coefficient (Wildman–Crippen LogP) is 7.49. The van der Waals surface area contributed by atoms with E-state index in [-0.39, 0.29) is 51.3 Å². The number of para-hydroxylation sites is 2. The fraction of sp³-hybridized carbons (Fsp3) is 0.500. The van der Waals surface area contributed by atoms with E-state index < -0.39 is 57.7 Å². The van der Waals surface area contributed by atoms with Gasteiger partial charge in [0.25, 0.3) is 11.8 Å². The number of nitrogens with zero attached hydrogens (tertiary/aromatic N) is 4. The van der Waals surface area contributed by atoms with Crippen LogP contribution in [0.5, 0.6) is 17.4 Å². The van der Waals surface area contributed by atoms with Crippen LogP contribution in [0.1, 0.15) is 59.3 Å². The summed E-state index contributed by atoms with van der Waals surface area (Å²) in [5, 5.41) is 1.15. The number of alkyl halides is 6. The third-order valence-electron chi connectivity index (χ3n) is 9.92. The Morgan fingerprint density at radius 3 is 2.49 bits per heavy atom. The van der Waals surface area contributed by atoms with Crippen LogP contribution in [0.2, 0.25) is 0 Å². The number of amides is 2. The molecule has 2 aromatic heterocycles. The number of methoxy groups -OCH3 is 1. The van der Waals surface area contributed by atoms with Crippen LogP contribution >= 0.6 is 11.3 Å². The van der Waals surface area contributed by atoms with Crippen molar-refractivity contribution in [2.75, 3.05) is 64.6 Å². The summed E-state index contributed by atoms with van der Waals surface area (Å²) >= 11 is 0.398. The molecule has 2 fully saturated rings. The van der Waals surface area contributed by atoms with Crippen LogP contribution in [0.15, 0.2) is 60.1 Å². The zero-order valence-corrected chi connectivity index (χ0v) is 31.0. The molecule has 0 N–H and O–H groups in total. The molecular formula is C38H42F6N4O6S. The van der Waals surface area contributed by atoms with Gasteiger partial charge in [0.2, 0.25) is 11.5 Å². The molecule has 0 aliphatic carbocycles. The van der Waals surface area contributed by atoms with Gasteiger partial charge in [0.05, 0.1) is 30.5 Å². The molecule has 3 aliphatic heterocycles. The zero-order chi connectivity index (χ0) is 39.2. The second-order valence-electron chi connectivity index (χ2n) is 13.4. The number of anilines is 1. The number of piperidine rings is 1. The molecular weight excluding hydrogens is 754 g/mol. The Hall–Kier alpha value is -4.51. The molecule has 0 saturated carbocycles. The van der Waals surface area contributed by atoms with Crippen LogP contribution in [-0.4, -0.2) is 97.9 Å². The van der Waals surface area contributed by atoms with Gasteiger partial charge < -0.3 is 33.6 Å². The summed E-state index contributed by atoms with van der Waals surface area (Å²) in [6, 6.07) is 7.74. The molecule has 2 atom stereocenters. The maximum Gasteiger partial charge on any atom is 0.425 e. The first-order chi connectivity index (χ1) is 26.3. The summed E-state index contributed by atoms with van der Waals surface area (Å²) < 4.78 is 108. The molecule has 0 radical (unpaired) electrons. The molecule has 0 bridgehead atoms. The number of fused-ring (bicyclic) bond motifs is 2. The van der Waals surface area contributed by atoms with Crippen LogP contribution in [0, 0.1) is 0 Å². The van der Waals surface area contributed by atoms with Crippen molar-refractivity contribution in [3.63, 3.8) is 0 Å². The third-order valence-corrected chi connectivity index (χ3v) is 10.9. The number of ether oxygens (including phenoxy) is 4. The van der Waals surface area contributed by atoms with Crippen molar-refractivity contribution < 1.29 is 54.9 Å². The van der Waals surface area contributed by atoms with Crippen molar-refractivity contribution in [1.82, 2.24) is 14.8 Å². The van der Waals surface area contributed by atoms with Crippen LogP contribution in [0.25, 0.3) is 0 Å². The van der Waals surface area contributed by atoms with Gasteiger partial charge in [-0.2, -0.15) is 26.3 Å². The van der Waals surface area contributed by atoms with Crippen molar-refractivity contribution in [2.45, 2.75) is 62.5 Å². The smallest absolute Gasteiger partial charge is 0.425 e. The highest BCUT2D eigenvalue weighted by atomic mass is 32.1. The molecule has 298 valence electrons. The van der Waals surface area contributed by atoms with Crippen molar-refractivity contribution in [3.8, 4) is 17.4 Å². The molecule has 3 aromatic rings. The van der Waals surface area contributed by atoms with Gasteiger partial charge in [-0.1, -0.05) is 24.3 Å². The normalized spacial score (nSPS) is 22.0. The van der Waals surface area contributed by atoms with Gasteiger partial charge >= 0.3 is 12.4 Å². The number of aromatic nitrogens is 1. The Morgan fingerprint density at radius 2 is 1.76 bits per heavy atom. The fourth-order valence-corrected chi connectivity index (χ4v) is 7.98. The lowest BCUT2D eigenvalue weighted by Gasteiger charge is -2.50. The number of carbonyl (C=O) groups excluding carboxylic acids is 2. The summed E-state index contributed by atoms with van der Waals surface area (Å²) in [6.45, 7) is 1.78. The van der Waals surface area contributed by atoms with Crippen LogP contribution in [0.3, 0.4) is 0 Å². The van der Waals surface area contributed by atoms with Crippen molar-refractivity contribution in [1.29, 1.82) is 0 Å². The number of rotatable bonds is 8. The van der Waals surface area contributed by atoms with E-state index in [1.165, 1.54) is 4.90 Å². The first-order valence-corrected chi connectivity index (χ1v) is 19.0. The van der Waals surface area contributed by atoms with Gasteiger partial charge in [0, 0.05) is 63.9 Å². The number of allylic oxidation sites excluding steroid dienone is 1. The van der Waals surface area contributed by atoms with Crippen LogP contribution < -0.4 is 19.1 Å². The Bertz CT molecular complexity index is 1830. The van der Waals surface area contributed by atoms with Gasteiger partial charge in [0.15, 0.2) is 0 Å². The number of carbonyl (C=O) groups is 2. The van der Waals surface area contributed by atoms with E-state index in [4.69, 9.17) is 18.9 Å². The van der Waals surface area contributed by atoms with Gasteiger partial charge in [-0.05, 0) is 50.3 Å². The first kappa shape index (κ1) is 40.2. The highest BCUT2D eigenvalue weighted by Crippen LogP contribution is 2.44. The molecule has 5 heterocycles. The van der Waals surface area contributed by atoms with E-state index in [1.807, 2.05) is 30.3 Å². The highest BCUT2D eigenvalue weighted by molar-refractivity contribution is 7.10. The summed E-state index contributed by atoms with van der Waals surface area (Å²) in [4.78, 5) is 37.5. The quantitative estimate of drug-likeness (QED) is 0.132. The maximum absolute atomic E-state index is 15.1. The summed E-state index contributed by atoms with van der Waals surface area (Å²) in [7, 11) is 1.57. The molecule has 2 saturated heterocycles. The second kappa shape index (κ2) is 17.1. The molecule has 6 rings (SSSR count). The molecule has 1 aromatic carbocycles. The number of hydrogen-bond acceptors (Lipinski definition) is 9. The highest BCUT2D eigenvalue weighted by Gasteiger charge is 2.56. The lowest BCUT2D eigenvalue weighted by Crippen LogP contribution is -2.69. The average molecular weight is 797 g/mol. The zero-order valence-electron chi connectivity index (χ0n) is 30.2. The van der Waals surface area contributed by atoms with Crippen molar-refractivity contribution >= 4 is 28.8 Å². The lowest BCUT2D eigenvalue weighted by molar-refractivity contribution is -0.159. The minimum Gasteiger partial charge on any atom is -0.489 e. The SMILES string of the molecule is COCCOc1ccccc1N1CCN(C(=O)C2(Oc3csc(C(F)(F)F)c3)CCCN3C(=O)c4c(C(F)(F)F)ccnc4OCCCC/C=C\C[C@@H]32)CC1. The summed E-state index contributed by atoms with van der Waals surface area (Å²) in [5.74, 6) is -1.72. The van der Waals surface area contributed by atoms with Gasteiger partial charge in [0.1, 0.15) is 28.5 Å². The van der Waals surface area contributed by atoms with Gasteiger partial charge in [-0.3, -0.25) is 9.59 Å². The number of pyridine rings is 1. The Morgan fingerprint density at radius 1 is 0.982 bits per heavy atom. The van der Waals surface area contributed by atoms with E-state index in [1.54, 1.807) is 18.1 Å². The standard InChI is InChI=1S/C38H42F6N4O6S/c1-51-22-23-52-29-11-7-6-10-28(29)46-17-19-47(20-18-46)35(50)36(54-26-24-31(55-25-26)38(42,43)44)14-9-16-48-30(36)12-5-3-2-4-8-21-53-33-32(34(48)49)27(13-15-45-33)37(39,40)41/h3,5-7,10-11,13,15,24-25,30H,2,4,8-9,12,14,16-23H2,1H3/b5-3-/t30-,36?/m1/s1. The van der Waals surface area contributed by atoms with E-state index in [9.17, 15) is 31.1 Å². The Labute approximate surface area is 318 Å². The monoisotopic (exact) mass is 796 g/mol. The molecule has 0 spiro atoms. The van der Waals surface area contributed by atoms with Gasteiger partial charge in [-0.15, -0.1) is 11.3 Å². The molecule has 55 heavy (non-hydrogen) atoms. The number of benzene rings is 1. The Kier molecular flexibility index (Phi) is 12.5. The minimum absolute atomic E-state index is 0.00969. The molecule has 3 aliphatic rings. The average Bonchev–Trinajstić information content (AvgIpc) is 3.65. The molecule has 17 heteroatoms.